The number of nitrogens with zero attached hydrogens (tertiary/aromatic N) is 6. The molecule has 0 unspecified atom stereocenters. The van der Waals surface area contributed by atoms with Gasteiger partial charge in [-0.15, -0.1) is 0 Å². The molecule has 10 aromatic rings. The Labute approximate surface area is 369 Å². The zero-order valence-electron chi connectivity index (χ0n) is 36.5. The van der Waals surface area contributed by atoms with Crippen LogP contribution in [-0.2, 0) is 10.8 Å². The third kappa shape index (κ3) is 7.70. The summed E-state index contributed by atoms with van der Waals surface area (Å²) in [6, 6.07) is 63.3. The average Bonchev–Trinajstić information content (AvgIpc) is 3.64. The van der Waals surface area contributed by atoms with Crippen LogP contribution in [0.2, 0.25) is 0 Å². The second-order valence-electron chi connectivity index (χ2n) is 18.3. The summed E-state index contributed by atoms with van der Waals surface area (Å²) >= 11 is 0. The molecule has 0 saturated heterocycles. The number of rotatable bonds is 7. The summed E-state index contributed by atoms with van der Waals surface area (Å²) in [6.45, 7) is 13.7. The van der Waals surface area contributed by atoms with Crippen molar-refractivity contribution in [3.8, 4) is 73.8 Å². The first-order valence-corrected chi connectivity index (χ1v) is 21.6. The van der Waals surface area contributed by atoms with Gasteiger partial charge in [0.1, 0.15) is 0 Å². The van der Waals surface area contributed by atoms with Gasteiger partial charge in [0, 0.05) is 44.2 Å². The highest BCUT2D eigenvalue weighted by Gasteiger charge is 2.24. The van der Waals surface area contributed by atoms with Crippen molar-refractivity contribution in [3.05, 3.63) is 193 Å². The minimum atomic E-state index is -0.0312. The van der Waals surface area contributed by atoms with E-state index in [0.717, 1.165) is 61.5 Å². The Kier molecular flexibility index (Phi) is 9.87. The van der Waals surface area contributed by atoms with Gasteiger partial charge in [0.15, 0.2) is 23.3 Å². The van der Waals surface area contributed by atoms with Crippen LogP contribution >= 0.6 is 0 Å². The van der Waals surface area contributed by atoms with E-state index in [9.17, 15) is 0 Å². The highest BCUT2D eigenvalue weighted by atomic mass is 15.1. The second-order valence-corrected chi connectivity index (χ2v) is 18.3. The lowest BCUT2D eigenvalue weighted by Gasteiger charge is -2.19. The Morgan fingerprint density at radius 2 is 0.730 bits per heavy atom. The van der Waals surface area contributed by atoms with E-state index >= 15 is 0 Å². The van der Waals surface area contributed by atoms with Gasteiger partial charge in [0.2, 0.25) is 0 Å². The summed E-state index contributed by atoms with van der Waals surface area (Å²) in [5.74, 6) is 2.35. The second kappa shape index (κ2) is 15.7. The van der Waals surface area contributed by atoms with Gasteiger partial charge in [-0.1, -0.05) is 175 Å². The van der Waals surface area contributed by atoms with E-state index in [1.807, 2.05) is 97.1 Å². The Hall–Kier alpha value is -7.57. The lowest BCUT2D eigenvalue weighted by Crippen LogP contribution is -2.10. The first-order valence-electron chi connectivity index (χ1n) is 21.6. The maximum atomic E-state index is 5.31. The van der Waals surface area contributed by atoms with Crippen molar-refractivity contribution in [2.24, 2.45) is 0 Å². The van der Waals surface area contributed by atoms with Crippen molar-refractivity contribution in [1.29, 1.82) is 0 Å². The highest BCUT2D eigenvalue weighted by Crippen LogP contribution is 2.41. The van der Waals surface area contributed by atoms with Crippen molar-refractivity contribution < 1.29 is 0 Å². The van der Waals surface area contributed by atoms with Crippen LogP contribution < -0.4 is 0 Å². The zero-order chi connectivity index (χ0) is 43.3. The molecule has 0 aliphatic carbocycles. The zero-order valence-corrected chi connectivity index (χ0v) is 36.5. The van der Waals surface area contributed by atoms with Crippen molar-refractivity contribution in [3.63, 3.8) is 0 Å². The first-order chi connectivity index (χ1) is 30.5. The molecule has 7 aromatic carbocycles. The average molecular weight is 817 g/mol. The van der Waals surface area contributed by atoms with Crippen LogP contribution in [0.3, 0.4) is 0 Å². The monoisotopic (exact) mass is 816 g/mol. The normalized spacial score (nSPS) is 12.0. The van der Waals surface area contributed by atoms with E-state index in [-0.39, 0.29) is 10.8 Å². The van der Waals surface area contributed by atoms with Gasteiger partial charge < -0.3 is 4.57 Å². The Morgan fingerprint density at radius 1 is 0.333 bits per heavy atom. The number of aromatic nitrogens is 6. The minimum Gasteiger partial charge on any atom is -0.309 e. The fourth-order valence-electron chi connectivity index (χ4n) is 8.28. The molecule has 0 radical (unpaired) electrons. The van der Waals surface area contributed by atoms with Crippen LogP contribution in [0.15, 0.2) is 182 Å². The molecule has 0 fully saturated rings. The summed E-state index contributed by atoms with van der Waals surface area (Å²) in [4.78, 5) is 26.2. The molecule has 3 heterocycles. The summed E-state index contributed by atoms with van der Waals surface area (Å²) in [5.41, 5.74) is 12.9. The van der Waals surface area contributed by atoms with Crippen LogP contribution in [0, 0.1) is 0 Å². The summed E-state index contributed by atoms with van der Waals surface area (Å²) in [7, 11) is 0. The van der Waals surface area contributed by atoms with Crippen LogP contribution in [0.25, 0.3) is 95.6 Å². The van der Waals surface area contributed by atoms with Gasteiger partial charge >= 0.3 is 0 Å². The number of hydrogen-bond acceptors (Lipinski definition) is 5. The molecule has 0 amide bonds. The summed E-state index contributed by atoms with van der Waals surface area (Å²) in [6.07, 6.45) is 0. The molecule has 0 N–H and O–H groups in total. The highest BCUT2D eigenvalue weighted by molar-refractivity contribution is 6.10. The molecule has 0 bridgehead atoms. The third-order valence-electron chi connectivity index (χ3n) is 11.8. The van der Waals surface area contributed by atoms with Gasteiger partial charge in [-0.25, -0.2) is 24.9 Å². The Bertz CT molecular complexity index is 3080. The molecular weight excluding hydrogens is 769 g/mol. The van der Waals surface area contributed by atoms with Crippen molar-refractivity contribution >= 4 is 21.8 Å². The maximum Gasteiger partial charge on any atom is 0.166 e. The lowest BCUT2D eigenvalue weighted by molar-refractivity contribution is 0.590. The molecule has 0 aliphatic heterocycles. The van der Waals surface area contributed by atoms with Crippen LogP contribution in [-0.4, -0.2) is 29.5 Å². The topological polar surface area (TPSA) is 69.4 Å². The van der Waals surface area contributed by atoms with E-state index in [4.69, 9.17) is 24.9 Å². The third-order valence-corrected chi connectivity index (χ3v) is 11.8. The summed E-state index contributed by atoms with van der Waals surface area (Å²) < 4.78 is 2.38. The predicted octanol–water partition coefficient (Wildman–Crippen LogP) is 14.4. The smallest absolute Gasteiger partial charge is 0.166 e. The number of fused-ring (bicyclic) bond motifs is 3. The van der Waals surface area contributed by atoms with Crippen LogP contribution in [0.4, 0.5) is 0 Å². The first kappa shape index (κ1) is 39.6. The van der Waals surface area contributed by atoms with Gasteiger partial charge in [-0.05, 0) is 70.5 Å². The summed E-state index contributed by atoms with van der Waals surface area (Å²) in [5, 5.41) is 2.41. The van der Waals surface area contributed by atoms with Crippen LogP contribution in [0.1, 0.15) is 52.7 Å². The number of hydrogen-bond donors (Lipinski definition) is 0. The van der Waals surface area contributed by atoms with Crippen LogP contribution in [0.5, 0.6) is 0 Å². The molecule has 0 saturated carbocycles. The van der Waals surface area contributed by atoms with E-state index in [0.29, 0.717) is 23.3 Å². The fraction of sp³-hybridized carbons (Fsp3) is 0.140. The van der Waals surface area contributed by atoms with E-state index < -0.39 is 0 Å². The molecule has 0 atom stereocenters. The molecule has 6 heteroatoms. The molecule has 306 valence electrons. The molecule has 0 spiro atoms. The molecule has 10 rings (SSSR count). The van der Waals surface area contributed by atoms with E-state index in [1.165, 1.54) is 21.9 Å². The molecular formula is C57H48N6. The SMILES string of the molecule is CC(C)(C)c1ccc2c(c1)c1cc(C(C)(C)C)ccc1n2-c1ccc(-c2nc(-c3ccccc3)cc(-c3ccccc3)n2)cc1-c1nc(-c2ccccc2)nc(-c2ccccc2)n1. The van der Waals surface area contributed by atoms with Gasteiger partial charge in [-0.2, -0.15) is 0 Å². The molecule has 0 aliphatic rings. The Morgan fingerprint density at radius 3 is 1.16 bits per heavy atom. The molecule has 63 heavy (non-hydrogen) atoms. The largest absolute Gasteiger partial charge is 0.309 e. The van der Waals surface area contributed by atoms with Crippen molar-refractivity contribution in [2.45, 2.75) is 52.4 Å². The Balaban J connectivity index is 1.29. The number of benzene rings is 7. The van der Waals surface area contributed by atoms with Crippen molar-refractivity contribution in [1.82, 2.24) is 29.5 Å². The van der Waals surface area contributed by atoms with Gasteiger partial charge in [-0.3, -0.25) is 0 Å². The van der Waals surface area contributed by atoms with Gasteiger partial charge in [0.25, 0.3) is 0 Å². The minimum absolute atomic E-state index is 0.0312. The fourth-order valence-corrected chi connectivity index (χ4v) is 8.28. The quantitative estimate of drug-likeness (QED) is 0.160. The van der Waals surface area contributed by atoms with E-state index in [1.54, 1.807) is 0 Å². The van der Waals surface area contributed by atoms with Gasteiger partial charge in [0.05, 0.1) is 28.1 Å². The lowest BCUT2D eigenvalue weighted by atomic mass is 9.85. The molecule has 3 aromatic heterocycles. The maximum absolute atomic E-state index is 5.31. The van der Waals surface area contributed by atoms with E-state index in [2.05, 4.69) is 131 Å². The predicted molar refractivity (Wildman–Crippen MR) is 260 cm³/mol. The van der Waals surface area contributed by atoms with Crippen molar-refractivity contribution in [2.75, 3.05) is 0 Å². The molecule has 6 nitrogen and oxygen atoms in total. The standard InChI is InChI=1S/C57H48N6/c1-56(2,3)42-28-31-49-44(34-42)45-35-43(57(4,5)6)29-32-50(45)63(49)51-30-27-41(54-58-47(37-19-11-7-12-20-37)36-48(59-54)38-21-13-8-14-22-38)33-46(51)55-61-52(39-23-15-9-16-24-39)60-53(62-55)40-25-17-10-18-26-40/h7-36H,1-6H3.